The predicted molar refractivity (Wildman–Crippen MR) is 61.3 cm³/mol. The molecule has 0 unspecified atom stereocenters. The van der Waals surface area contributed by atoms with Crippen LogP contribution >= 0.6 is 11.8 Å². The van der Waals surface area contributed by atoms with Gasteiger partial charge in [-0.2, -0.15) is 0 Å². The monoisotopic (exact) mass is 222 g/mol. The number of aliphatic imine (C=N–C) groups is 1. The van der Waals surface area contributed by atoms with Crippen LogP contribution in [0, 0.1) is 0 Å². The van der Waals surface area contributed by atoms with E-state index in [4.69, 9.17) is 11.5 Å². The van der Waals surface area contributed by atoms with E-state index in [-0.39, 0.29) is 11.9 Å². The second-order valence-electron chi connectivity index (χ2n) is 3.05. The molecule has 0 saturated carbocycles. The summed E-state index contributed by atoms with van der Waals surface area (Å²) in [6, 6.07) is 5.45. The standard InChI is InChI=1S/C9H10N4OS/c10-9(11)12-5-1-2-7-6(3-5)13-8(14)4-15-7/h1-3H,4H2,(H,13,14)(H4,10,11,12). The summed E-state index contributed by atoms with van der Waals surface area (Å²) >= 11 is 1.50. The molecule has 0 radical (unpaired) electrons. The summed E-state index contributed by atoms with van der Waals surface area (Å²) in [7, 11) is 0. The van der Waals surface area contributed by atoms with Gasteiger partial charge < -0.3 is 16.8 Å². The summed E-state index contributed by atoms with van der Waals surface area (Å²) < 4.78 is 0. The highest BCUT2D eigenvalue weighted by Crippen LogP contribution is 2.33. The van der Waals surface area contributed by atoms with Crippen molar-refractivity contribution < 1.29 is 4.79 Å². The smallest absolute Gasteiger partial charge is 0.234 e. The van der Waals surface area contributed by atoms with Crippen LogP contribution in [0.15, 0.2) is 28.1 Å². The molecule has 0 bridgehead atoms. The van der Waals surface area contributed by atoms with Crippen LogP contribution in [0.5, 0.6) is 0 Å². The van der Waals surface area contributed by atoms with Gasteiger partial charge in [0.25, 0.3) is 0 Å². The minimum atomic E-state index is -0.00523. The van der Waals surface area contributed by atoms with Crippen molar-refractivity contribution >= 4 is 35.0 Å². The summed E-state index contributed by atoms with van der Waals surface area (Å²) in [6.07, 6.45) is 0. The first kappa shape index (κ1) is 9.85. The molecule has 0 saturated heterocycles. The molecule has 78 valence electrons. The molecule has 0 aromatic heterocycles. The third-order valence-corrected chi connectivity index (χ3v) is 2.93. The van der Waals surface area contributed by atoms with Gasteiger partial charge in [-0.3, -0.25) is 4.79 Å². The fraction of sp³-hybridized carbons (Fsp3) is 0.111. The number of guanidine groups is 1. The van der Waals surface area contributed by atoms with Crippen LogP contribution in [0.4, 0.5) is 11.4 Å². The normalized spacial score (nSPS) is 14.0. The number of benzene rings is 1. The first-order valence-corrected chi connectivity index (χ1v) is 5.30. The lowest BCUT2D eigenvalue weighted by Gasteiger charge is -2.16. The number of carbonyl (C=O) groups excluding carboxylic acids is 1. The number of fused-ring (bicyclic) bond motifs is 1. The van der Waals surface area contributed by atoms with Crippen LogP contribution < -0.4 is 16.8 Å². The zero-order chi connectivity index (χ0) is 10.8. The van der Waals surface area contributed by atoms with Gasteiger partial charge in [-0.1, -0.05) is 0 Å². The number of anilines is 1. The maximum absolute atomic E-state index is 11.1. The van der Waals surface area contributed by atoms with Gasteiger partial charge in [-0.15, -0.1) is 11.8 Å². The highest BCUT2D eigenvalue weighted by molar-refractivity contribution is 8.00. The van der Waals surface area contributed by atoms with Crippen LogP contribution in [0.1, 0.15) is 0 Å². The van der Waals surface area contributed by atoms with Gasteiger partial charge in [0.2, 0.25) is 5.91 Å². The van der Waals surface area contributed by atoms with Crippen molar-refractivity contribution in [2.24, 2.45) is 16.5 Å². The van der Waals surface area contributed by atoms with E-state index in [1.165, 1.54) is 11.8 Å². The number of nitrogens with zero attached hydrogens (tertiary/aromatic N) is 1. The molecule has 1 amide bonds. The van der Waals surface area contributed by atoms with Crippen molar-refractivity contribution in [1.82, 2.24) is 0 Å². The maximum Gasteiger partial charge on any atom is 0.234 e. The average Bonchev–Trinajstić information content (AvgIpc) is 2.16. The van der Waals surface area contributed by atoms with Gasteiger partial charge in [0.05, 0.1) is 17.1 Å². The SMILES string of the molecule is NC(N)=Nc1ccc2c(c1)NC(=O)CS2. The van der Waals surface area contributed by atoms with E-state index in [0.717, 1.165) is 10.6 Å². The molecule has 1 aromatic rings. The Kier molecular flexibility index (Phi) is 2.51. The fourth-order valence-electron chi connectivity index (χ4n) is 1.29. The van der Waals surface area contributed by atoms with Crippen LogP contribution in [-0.4, -0.2) is 17.6 Å². The van der Waals surface area contributed by atoms with Gasteiger partial charge in [-0.05, 0) is 18.2 Å². The molecule has 0 fully saturated rings. The first-order valence-electron chi connectivity index (χ1n) is 4.31. The summed E-state index contributed by atoms with van der Waals surface area (Å²) in [5, 5.41) is 2.76. The van der Waals surface area contributed by atoms with Crippen LogP contribution in [-0.2, 0) is 4.79 Å². The molecule has 15 heavy (non-hydrogen) atoms. The maximum atomic E-state index is 11.1. The Balaban J connectivity index is 2.36. The van der Waals surface area contributed by atoms with Crippen molar-refractivity contribution in [2.45, 2.75) is 4.90 Å². The largest absolute Gasteiger partial charge is 0.370 e. The van der Waals surface area contributed by atoms with Crippen LogP contribution in [0.3, 0.4) is 0 Å². The Bertz CT molecular complexity index is 440. The predicted octanol–water partition coefficient (Wildman–Crippen LogP) is 0.636. The summed E-state index contributed by atoms with van der Waals surface area (Å²) in [4.78, 5) is 16.1. The van der Waals surface area contributed by atoms with Crippen molar-refractivity contribution in [3.05, 3.63) is 18.2 Å². The van der Waals surface area contributed by atoms with E-state index in [2.05, 4.69) is 10.3 Å². The number of carbonyl (C=O) groups is 1. The van der Waals surface area contributed by atoms with Crippen LogP contribution in [0.2, 0.25) is 0 Å². The van der Waals surface area contributed by atoms with Crippen molar-refractivity contribution in [3.8, 4) is 0 Å². The molecule has 1 heterocycles. The van der Waals surface area contributed by atoms with Crippen molar-refractivity contribution in [1.29, 1.82) is 0 Å². The van der Waals surface area contributed by atoms with E-state index in [0.29, 0.717) is 11.4 Å². The van der Waals surface area contributed by atoms with E-state index in [9.17, 15) is 4.79 Å². The van der Waals surface area contributed by atoms with Gasteiger partial charge in [-0.25, -0.2) is 4.99 Å². The molecule has 5 N–H and O–H groups in total. The zero-order valence-electron chi connectivity index (χ0n) is 7.86. The van der Waals surface area contributed by atoms with Gasteiger partial charge in [0.1, 0.15) is 0 Å². The second-order valence-corrected chi connectivity index (χ2v) is 4.07. The molecule has 1 aliphatic rings. The highest BCUT2D eigenvalue weighted by atomic mass is 32.2. The number of hydrogen-bond acceptors (Lipinski definition) is 3. The number of amides is 1. The molecule has 0 aliphatic carbocycles. The van der Waals surface area contributed by atoms with Gasteiger partial charge in [0, 0.05) is 4.90 Å². The van der Waals surface area contributed by atoms with E-state index in [1.54, 1.807) is 6.07 Å². The molecular weight excluding hydrogens is 212 g/mol. The molecule has 0 spiro atoms. The summed E-state index contributed by atoms with van der Waals surface area (Å²) in [6.45, 7) is 0. The topological polar surface area (TPSA) is 93.5 Å². The summed E-state index contributed by atoms with van der Waals surface area (Å²) in [5.74, 6) is 0.452. The minimum Gasteiger partial charge on any atom is -0.370 e. The average molecular weight is 222 g/mol. The lowest BCUT2D eigenvalue weighted by atomic mass is 10.2. The Labute approximate surface area is 90.9 Å². The number of thioether (sulfide) groups is 1. The molecule has 5 nitrogen and oxygen atoms in total. The van der Waals surface area contributed by atoms with Gasteiger partial charge >= 0.3 is 0 Å². The Morgan fingerprint density at radius 2 is 2.27 bits per heavy atom. The van der Waals surface area contributed by atoms with Crippen molar-refractivity contribution in [3.63, 3.8) is 0 Å². The Hall–Kier alpha value is -1.69. The Morgan fingerprint density at radius 3 is 3.00 bits per heavy atom. The van der Waals surface area contributed by atoms with Crippen LogP contribution in [0.25, 0.3) is 0 Å². The van der Waals surface area contributed by atoms with Crippen molar-refractivity contribution in [2.75, 3.05) is 11.1 Å². The molecule has 2 rings (SSSR count). The summed E-state index contributed by atoms with van der Waals surface area (Å²) in [5.41, 5.74) is 11.9. The number of nitrogens with two attached hydrogens (primary N) is 2. The van der Waals surface area contributed by atoms with Gasteiger partial charge in [0.15, 0.2) is 5.96 Å². The molecule has 1 aromatic carbocycles. The minimum absolute atomic E-state index is 0.00439. The van der Waals surface area contributed by atoms with E-state index < -0.39 is 0 Å². The third kappa shape index (κ3) is 2.21. The fourth-order valence-corrected chi connectivity index (χ4v) is 2.08. The first-order chi connectivity index (χ1) is 7.15. The Morgan fingerprint density at radius 1 is 1.47 bits per heavy atom. The number of nitrogens with one attached hydrogen (secondary N) is 1. The molecule has 0 atom stereocenters. The number of rotatable bonds is 1. The number of hydrogen-bond donors (Lipinski definition) is 3. The third-order valence-electron chi connectivity index (χ3n) is 1.85. The molecular formula is C9H10N4OS. The highest BCUT2D eigenvalue weighted by Gasteiger charge is 2.15. The second kappa shape index (κ2) is 3.82. The lowest BCUT2D eigenvalue weighted by Crippen LogP contribution is -2.22. The quantitative estimate of drug-likeness (QED) is 0.480. The molecule has 6 heteroatoms. The molecule has 1 aliphatic heterocycles. The zero-order valence-corrected chi connectivity index (χ0v) is 8.67. The van der Waals surface area contributed by atoms with E-state index >= 15 is 0 Å². The lowest BCUT2D eigenvalue weighted by molar-refractivity contribution is -0.113. The van der Waals surface area contributed by atoms with E-state index in [1.807, 2.05) is 12.1 Å².